The van der Waals surface area contributed by atoms with Gasteiger partial charge in [0.25, 0.3) is 11.5 Å². The molecule has 0 aliphatic carbocycles. The number of nitrogens with zero attached hydrogens (tertiary/aromatic N) is 2. The number of hydrogen-bond acceptors (Lipinski definition) is 6. The molecule has 0 unspecified atom stereocenters. The number of aromatic nitrogens is 2. The van der Waals surface area contributed by atoms with Crippen molar-refractivity contribution < 1.29 is 14.4 Å². The van der Waals surface area contributed by atoms with Gasteiger partial charge >= 0.3 is 0 Å². The minimum atomic E-state index is -0.383. The van der Waals surface area contributed by atoms with E-state index in [0.29, 0.717) is 16.9 Å². The Hall–Kier alpha value is -3.79. The third-order valence-electron chi connectivity index (χ3n) is 4.13. The van der Waals surface area contributed by atoms with Gasteiger partial charge in [-0.3, -0.25) is 19.2 Å². The summed E-state index contributed by atoms with van der Waals surface area (Å²) in [4.78, 5) is 48.2. The van der Waals surface area contributed by atoms with E-state index in [-0.39, 0.29) is 42.9 Å². The molecule has 3 N–H and O–H groups in total. The second-order valence-electron chi connectivity index (χ2n) is 6.56. The van der Waals surface area contributed by atoms with Crippen LogP contribution in [0.15, 0.2) is 58.7 Å². The Kier molecular flexibility index (Phi) is 7.28. The largest absolute Gasteiger partial charge is 0.353 e. The summed E-state index contributed by atoms with van der Waals surface area (Å²) in [7, 11) is 0. The zero-order chi connectivity index (χ0) is 22.2. The fraction of sp³-hybridized carbons (Fsp3) is 0.190. The van der Waals surface area contributed by atoms with Gasteiger partial charge < -0.3 is 16.0 Å². The second kappa shape index (κ2) is 10.3. The predicted molar refractivity (Wildman–Crippen MR) is 118 cm³/mol. The molecule has 9 nitrogen and oxygen atoms in total. The molecule has 0 spiro atoms. The van der Waals surface area contributed by atoms with Crippen molar-refractivity contribution in [2.45, 2.75) is 13.5 Å². The molecule has 10 heteroatoms. The van der Waals surface area contributed by atoms with Crippen molar-refractivity contribution in [1.82, 2.24) is 20.4 Å². The average Bonchev–Trinajstić information content (AvgIpc) is 3.28. The highest BCUT2D eigenvalue weighted by atomic mass is 32.1. The number of thiophene rings is 1. The number of rotatable bonds is 8. The van der Waals surface area contributed by atoms with Crippen LogP contribution in [-0.4, -0.2) is 40.6 Å². The molecule has 3 amide bonds. The van der Waals surface area contributed by atoms with Crippen molar-refractivity contribution in [2.24, 2.45) is 0 Å². The van der Waals surface area contributed by atoms with Crippen LogP contribution >= 0.6 is 11.3 Å². The molecule has 31 heavy (non-hydrogen) atoms. The van der Waals surface area contributed by atoms with Gasteiger partial charge in [0, 0.05) is 37.3 Å². The first-order valence-electron chi connectivity index (χ1n) is 9.47. The molecule has 2 aromatic heterocycles. The Balaban J connectivity index is 1.45. The van der Waals surface area contributed by atoms with Crippen molar-refractivity contribution in [2.75, 3.05) is 18.4 Å². The molecule has 3 aromatic rings. The van der Waals surface area contributed by atoms with Crippen molar-refractivity contribution in [3.05, 3.63) is 69.8 Å². The van der Waals surface area contributed by atoms with Crippen LogP contribution in [0.5, 0.6) is 0 Å². The Morgan fingerprint density at radius 2 is 1.74 bits per heavy atom. The van der Waals surface area contributed by atoms with Crippen LogP contribution < -0.4 is 21.5 Å². The van der Waals surface area contributed by atoms with Gasteiger partial charge in [0.15, 0.2) is 0 Å². The molecule has 2 heterocycles. The van der Waals surface area contributed by atoms with Gasteiger partial charge in [0.2, 0.25) is 11.8 Å². The maximum atomic E-state index is 12.1. The van der Waals surface area contributed by atoms with Crippen LogP contribution in [-0.2, 0) is 16.1 Å². The number of carbonyl (C=O) groups excluding carboxylic acids is 3. The molecule has 1 aromatic carbocycles. The molecule has 0 atom stereocenters. The summed E-state index contributed by atoms with van der Waals surface area (Å²) >= 11 is 1.49. The Morgan fingerprint density at radius 3 is 2.42 bits per heavy atom. The van der Waals surface area contributed by atoms with E-state index in [2.05, 4.69) is 21.0 Å². The van der Waals surface area contributed by atoms with Crippen molar-refractivity contribution in [3.63, 3.8) is 0 Å². The van der Waals surface area contributed by atoms with E-state index in [1.165, 1.54) is 24.3 Å². The number of benzene rings is 1. The number of carbonyl (C=O) groups is 3. The van der Waals surface area contributed by atoms with E-state index in [1.54, 1.807) is 30.3 Å². The van der Waals surface area contributed by atoms with Gasteiger partial charge in [-0.25, -0.2) is 4.68 Å². The summed E-state index contributed by atoms with van der Waals surface area (Å²) in [6.07, 6.45) is 0. The third kappa shape index (κ3) is 6.34. The Labute approximate surface area is 182 Å². The summed E-state index contributed by atoms with van der Waals surface area (Å²) in [5, 5.41) is 14.1. The highest BCUT2D eigenvalue weighted by Crippen LogP contribution is 2.20. The van der Waals surface area contributed by atoms with Crippen LogP contribution in [0.4, 0.5) is 5.69 Å². The molecule has 0 saturated carbocycles. The molecule has 0 saturated heterocycles. The van der Waals surface area contributed by atoms with E-state index < -0.39 is 0 Å². The zero-order valence-corrected chi connectivity index (χ0v) is 17.6. The first kappa shape index (κ1) is 21.9. The van der Waals surface area contributed by atoms with E-state index in [1.807, 2.05) is 17.5 Å². The van der Waals surface area contributed by atoms with Gasteiger partial charge in [-0.1, -0.05) is 6.07 Å². The highest BCUT2D eigenvalue weighted by Gasteiger charge is 2.09. The topological polar surface area (TPSA) is 122 Å². The summed E-state index contributed by atoms with van der Waals surface area (Å²) in [6.45, 7) is 1.61. The minimum absolute atomic E-state index is 0.191. The lowest BCUT2D eigenvalue weighted by molar-refractivity contribution is -0.121. The first-order valence-corrected chi connectivity index (χ1v) is 10.3. The second-order valence-corrected chi connectivity index (χ2v) is 7.50. The molecule has 160 valence electrons. The van der Waals surface area contributed by atoms with Crippen molar-refractivity contribution >= 4 is 34.7 Å². The quantitative estimate of drug-likeness (QED) is 0.459. The number of nitrogens with one attached hydrogen (secondary N) is 3. The smallest absolute Gasteiger partial charge is 0.267 e. The lowest BCUT2D eigenvalue weighted by Crippen LogP contribution is -2.38. The molecule has 0 radical (unpaired) electrons. The van der Waals surface area contributed by atoms with Crippen LogP contribution in [0.1, 0.15) is 17.3 Å². The van der Waals surface area contributed by atoms with Gasteiger partial charge in [-0.2, -0.15) is 5.10 Å². The van der Waals surface area contributed by atoms with E-state index in [0.717, 1.165) is 9.56 Å². The number of hydrogen-bond donors (Lipinski definition) is 3. The predicted octanol–water partition coefficient (Wildman–Crippen LogP) is 1.48. The van der Waals surface area contributed by atoms with Crippen molar-refractivity contribution in [1.29, 1.82) is 0 Å². The fourth-order valence-corrected chi connectivity index (χ4v) is 3.39. The summed E-state index contributed by atoms with van der Waals surface area (Å²) < 4.78 is 1.11. The molecule has 0 aliphatic heterocycles. The highest BCUT2D eigenvalue weighted by molar-refractivity contribution is 7.13. The SMILES string of the molecule is CC(=O)Nc1ccc(C(=O)NCCNC(=O)Cn2nc(-c3cccs3)ccc2=O)cc1. The van der Waals surface area contributed by atoms with E-state index in [9.17, 15) is 19.2 Å². The molecule has 3 rings (SSSR count). The molecular formula is C21H21N5O4S. The molecule has 0 fully saturated rings. The lowest BCUT2D eigenvalue weighted by atomic mass is 10.2. The minimum Gasteiger partial charge on any atom is -0.353 e. The van der Waals surface area contributed by atoms with Crippen LogP contribution in [0.3, 0.4) is 0 Å². The normalized spacial score (nSPS) is 10.4. The van der Waals surface area contributed by atoms with Crippen LogP contribution in [0.25, 0.3) is 10.6 Å². The monoisotopic (exact) mass is 439 g/mol. The molecule has 0 bridgehead atoms. The number of amides is 3. The van der Waals surface area contributed by atoms with E-state index in [4.69, 9.17) is 0 Å². The van der Waals surface area contributed by atoms with Gasteiger partial charge in [0.1, 0.15) is 12.2 Å². The maximum absolute atomic E-state index is 12.1. The lowest BCUT2D eigenvalue weighted by Gasteiger charge is -2.09. The Bertz CT molecular complexity index is 1120. The zero-order valence-electron chi connectivity index (χ0n) is 16.8. The standard InChI is InChI=1S/C21H21N5O4S/c1-14(27)24-16-6-4-15(5-7-16)21(30)23-11-10-22-19(28)13-26-20(29)9-8-17(25-26)18-3-2-12-31-18/h2-9,12H,10-11,13H2,1H3,(H,22,28)(H,23,30)(H,24,27). The summed E-state index contributed by atoms with van der Waals surface area (Å²) in [6, 6.07) is 13.2. The van der Waals surface area contributed by atoms with Gasteiger partial charge in [0.05, 0.1) is 4.88 Å². The summed E-state index contributed by atoms with van der Waals surface area (Å²) in [5.74, 6) is -0.874. The molecular weight excluding hydrogens is 418 g/mol. The van der Waals surface area contributed by atoms with Crippen molar-refractivity contribution in [3.8, 4) is 10.6 Å². The average molecular weight is 439 g/mol. The molecule has 0 aliphatic rings. The van der Waals surface area contributed by atoms with Crippen LogP contribution in [0.2, 0.25) is 0 Å². The number of anilines is 1. The van der Waals surface area contributed by atoms with Crippen LogP contribution in [0, 0.1) is 0 Å². The third-order valence-corrected chi connectivity index (χ3v) is 5.03. The van der Waals surface area contributed by atoms with Gasteiger partial charge in [-0.05, 0) is 41.8 Å². The maximum Gasteiger partial charge on any atom is 0.267 e. The fourth-order valence-electron chi connectivity index (χ4n) is 2.70. The van der Waals surface area contributed by atoms with E-state index >= 15 is 0 Å². The van der Waals surface area contributed by atoms with Gasteiger partial charge in [-0.15, -0.1) is 11.3 Å². The summed E-state index contributed by atoms with van der Waals surface area (Å²) in [5.41, 5.74) is 1.29. The Morgan fingerprint density at radius 1 is 1.00 bits per heavy atom. The first-order chi connectivity index (χ1) is 14.9.